The lowest BCUT2D eigenvalue weighted by Gasteiger charge is -2.13. The van der Waals surface area contributed by atoms with E-state index in [2.05, 4.69) is 0 Å². The summed E-state index contributed by atoms with van der Waals surface area (Å²) in [6.45, 7) is 0. The third-order valence-electron chi connectivity index (χ3n) is 3.01. The number of halogens is 2. The highest BCUT2D eigenvalue weighted by atomic mass is 35.5. The maximum absolute atomic E-state index is 13.3. The fraction of sp³-hybridized carbons (Fsp3) is 0.500. The second kappa shape index (κ2) is 4.31. The van der Waals surface area contributed by atoms with Crippen molar-refractivity contribution in [1.82, 2.24) is 0 Å². The largest absolute Gasteiger partial charge is 0.207 e. The van der Waals surface area contributed by atoms with Gasteiger partial charge in [0.15, 0.2) is 0 Å². The number of rotatable bonds is 2. The van der Waals surface area contributed by atoms with Gasteiger partial charge in [0.05, 0.1) is 0 Å². The van der Waals surface area contributed by atoms with Gasteiger partial charge in [-0.25, -0.2) is 4.39 Å². The minimum absolute atomic E-state index is 0.0942. The van der Waals surface area contributed by atoms with Crippen molar-refractivity contribution < 1.29 is 4.39 Å². The Morgan fingerprint density at radius 1 is 1.29 bits per heavy atom. The van der Waals surface area contributed by atoms with E-state index in [4.69, 9.17) is 11.6 Å². The zero-order chi connectivity index (χ0) is 9.97. The first kappa shape index (κ1) is 9.97. The summed E-state index contributed by atoms with van der Waals surface area (Å²) in [5.41, 5.74) is 0.810. The van der Waals surface area contributed by atoms with Gasteiger partial charge < -0.3 is 0 Å². The summed E-state index contributed by atoms with van der Waals surface area (Å²) >= 11 is 6.16. The Hall–Kier alpha value is -0.560. The lowest BCUT2D eigenvalue weighted by atomic mass is 9.97. The van der Waals surface area contributed by atoms with Gasteiger partial charge in [0.1, 0.15) is 5.82 Å². The molecule has 1 aliphatic rings. The third-order valence-corrected chi connectivity index (χ3v) is 3.58. The predicted octanol–water partition coefficient (Wildman–Crippen LogP) is 3.78. The normalized spacial score (nSPS) is 26.7. The first-order valence-corrected chi connectivity index (χ1v) is 5.58. The maximum atomic E-state index is 13.3. The van der Waals surface area contributed by atoms with Crippen LogP contribution in [0.3, 0.4) is 0 Å². The summed E-state index contributed by atoms with van der Waals surface area (Å²) < 4.78 is 13.3. The molecular weight excluding hydrogens is 199 g/mol. The van der Waals surface area contributed by atoms with Crippen LogP contribution in [0.15, 0.2) is 24.3 Å². The van der Waals surface area contributed by atoms with Crippen LogP contribution in [0.1, 0.15) is 24.8 Å². The fourth-order valence-corrected chi connectivity index (χ4v) is 2.54. The molecule has 76 valence electrons. The molecule has 0 saturated heterocycles. The Balaban J connectivity index is 2.07. The molecule has 1 aromatic carbocycles. The summed E-state index contributed by atoms with van der Waals surface area (Å²) in [4.78, 5) is 0. The highest BCUT2D eigenvalue weighted by Gasteiger charge is 2.25. The van der Waals surface area contributed by atoms with E-state index in [1.807, 2.05) is 12.1 Å². The predicted molar refractivity (Wildman–Crippen MR) is 57.1 cm³/mol. The molecule has 0 amide bonds. The van der Waals surface area contributed by atoms with Crippen molar-refractivity contribution in [2.75, 3.05) is 0 Å². The molecule has 1 fully saturated rings. The van der Waals surface area contributed by atoms with Crippen molar-refractivity contribution in [1.29, 1.82) is 0 Å². The van der Waals surface area contributed by atoms with Gasteiger partial charge >= 0.3 is 0 Å². The minimum atomic E-state index is -0.0942. The van der Waals surface area contributed by atoms with Crippen LogP contribution in [0, 0.1) is 11.7 Å². The van der Waals surface area contributed by atoms with E-state index in [1.165, 1.54) is 12.5 Å². The smallest absolute Gasteiger partial charge is 0.126 e. The molecule has 0 heterocycles. The Kier molecular flexibility index (Phi) is 3.07. The second-order valence-corrected chi connectivity index (χ2v) is 4.56. The van der Waals surface area contributed by atoms with E-state index in [1.54, 1.807) is 6.07 Å². The molecule has 2 heteroatoms. The van der Waals surface area contributed by atoms with E-state index >= 15 is 0 Å². The lowest BCUT2D eigenvalue weighted by Crippen LogP contribution is -2.11. The number of benzene rings is 1. The monoisotopic (exact) mass is 212 g/mol. The number of hydrogen-bond acceptors (Lipinski definition) is 0. The van der Waals surface area contributed by atoms with Crippen LogP contribution in [0.4, 0.5) is 4.39 Å². The molecule has 14 heavy (non-hydrogen) atoms. The molecule has 0 N–H and O–H groups in total. The van der Waals surface area contributed by atoms with Crippen molar-refractivity contribution in [2.24, 2.45) is 5.92 Å². The second-order valence-electron chi connectivity index (χ2n) is 4.00. The maximum Gasteiger partial charge on any atom is 0.126 e. The molecule has 2 rings (SSSR count). The van der Waals surface area contributed by atoms with Crippen LogP contribution < -0.4 is 0 Å². The van der Waals surface area contributed by atoms with Crippen LogP contribution in [-0.4, -0.2) is 5.38 Å². The van der Waals surface area contributed by atoms with Gasteiger partial charge in [-0.1, -0.05) is 24.6 Å². The Bertz CT molecular complexity index is 311. The SMILES string of the molecule is Fc1ccccc1CC1CCCC1Cl. The molecule has 2 unspecified atom stereocenters. The van der Waals surface area contributed by atoms with Crippen LogP contribution >= 0.6 is 11.6 Å². The molecule has 0 aliphatic heterocycles. The van der Waals surface area contributed by atoms with Crippen LogP contribution in [0.5, 0.6) is 0 Å². The molecule has 1 aliphatic carbocycles. The summed E-state index contributed by atoms with van der Waals surface area (Å²) in [6, 6.07) is 6.99. The number of hydrogen-bond donors (Lipinski definition) is 0. The molecule has 0 aromatic heterocycles. The van der Waals surface area contributed by atoms with Crippen LogP contribution in [0.2, 0.25) is 0 Å². The van der Waals surface area contributed by atoms with Gasteiger partial charge in [0, 0.05) is 5.38 Å². The summed E-state index contributed by atoms with van der Waals surface area (Å²) in [6.07, 6.45) is 4.21. The molecule has 0 spiro atoms. The first-order valence-electron chi connectivity index (χ1n) is 5.15. The summed E-state index contributed by atoms with van der Waals surface area (Å²) in [5, 5.41) is 0.245. The van der Waals surface area contributed by atoms with Gasteiger partial charge in [-0.05, 0) is 36.8 Å². The molecule has 0 nitrogen and oxygen atoms in total. The molecular formula is C12H14ClF. The van der Waals surface area contributed by atoms with E-state index < -0.39 is 0 Å². The van der Waals surface area contributed by atoms with E-state index in [0.717, 1.165) is 24.8 Å². The van der Waals surface area contributed by atoms with Crippen LogP contribution in [0.25, 0.3) is 0 Å². The van der Waals surface area contributed by atoms with Gasteiger partial charge in [-0.2, -0.15) is 0 Å². The summed E-state index contributed by atoms with van der Waals surface area (Å²) in [7, 11) is 0. The Labute approximate surface area is 89.1 Å². The van der Waals surface area contributed by atoms with Crippen LogP contribution in [-0.2, 0) is 6.42 Å². The standard InChI is InChI=1S/C12H14ClF/c13-11-6-3-5-9(11)8-10-4-1-2-7-12(10)14/h1-2,4,7,9,11H,3,5-6,8H2. The Morgan fingerprint density at radius 3 is 2.71 bits per heavy atom. The van der Waals surface area contributed by atoms with E-state index in [9.17, 15) is 4.39 Å². The topological polar surface area (TPSA) is 0 Å². The van der Waals surface area contributed by atoms with Crippen molar-refractivity contribution in [3.05, 3.63) is 35.6 Å². The molecule has 1 aromatic rings. The highest BCUT2D eigenvalue weighted by Crippen LogP contribution is 2.33. The average molecular weight is 213 g/mol. The van der Waals surface area contributed by atoms with Gasteiger partial charge in [0.25, 0.3) is 0 Å². The third kappa shape index (κ3) is 2.09. The first-order chi connectivity index (χ1) is 6.77. The van der Waals surface area contributed by atoms with Gasteiger partial charge in [-0.3, -0.25) is 0 Å². The van der Waals surface area contributed by atoms with Gasteiger partial charge in [-0.15, -0.1) is 11.6 Å². The van der Waals surface area contributed by atoms with Crippen molar-refractivity contribution in [3.63, 3.8) is 0 Å². The zero-order valence-corrected chi connectivity index (χ0v) is 8.80. The van der Waals surface area contributed by atoms with Crippen molar-refractivity contribution in [3.8, 4) is 0 Å². The number of alkyl halides is 1. The quantitative estimate of drug-likeness (QED) is 0.655. The average Bonchev–Trinajstić information content (AvgIpc) is 2.56. The van der Waals surface area contributed by atoms with Gasteiger partial charge in [0.2, 0.25) is 0 Å². The molecule has 0 radical (unpaired) electrons. The lowest BCUT2D eigenvalue weighted by molar-refractivity contribution is 0.525. The summed E-state index contributed by atoms with van der Waals surface area (Å²) in [5.74, 6) is 0.372. The van der Waals surface area contributed by atoms with E-state index in [-0.39, 0.29) is 11.2 Å². The highest BCUT2D eigenvalue weighted by molar-refractivity contribution is 6.20. The molecule has 1 saturated carbocycles. The minimum Gasteiger partial charge on any atom is -0.207 e. The Morgan fingerprint density at radius 2 is 2.07 bits per heavy atom. The fourth-order valence-electron chi connectivity index (χ4n) is 2.17. The van der Waals surface area contributed by atoms with Crippen molar-refractivity contribution in [2.45, 2.75) is 31.1 Å². The van der Waals surface area contributed by atoms with E-state index in [0.29, 0.717) is 5.92 Å². The molecule has 2 atom stereocenters. The zero-order valence-electron chi connectivity index (χ0n) is 8.05. The molecule has 0 bridgehead atoms. The van der Waals surface area contributed by atoms with Crippen molar-refractivity contribution >= 4 is 11.6 Å².